The Bertz CT molecular complexity index is 532. The summed E-state index contributed by atoms with van der Waals surface area (Å²) in [6, 6.07) is 2.81. The predicted molar refractivity (Wildman–Crippen MR) is 72.9 cm³/mol. The van der Waals surface area contributed by atoms with Crippen LogP contribution in [0.25, 0.3) is 0 Å². The Labute approximate surface area is 116 Å². The molecule has 0 bridgehead atoms. The van der Waals surface area contributed by atoms with Gasteiger partial charge < -0.3 is 9.64 Å². The Morgan fingerprint density at radius 3 is 2.85 bits per heavy atom. The van der Waals surface area contributed by atoms with Crippen LogP contribution in [0.3, 0.4) is 0 Å². The lowest BCUT2D eigenvalue weighted by Gasteiger charge is -2.34. The molecule has 0 aliphatic carbocycles. The van der Waals surface area contributed by atoms with Gasteiger partial charge in [0.1, 0.15) is 0 Å². The Kier molecular flexibility index (Phi) is 4.16. The number of rotatable bonds is 3. The normalized spacial score (nSPS) is 18.7. The van der Waals surface area contributed by atoms with E-state index < -0.39 is 10.9 Å². The van der Waals surface area contributed by atoms with Gasteiger partial charge in [-0.2, -0.15) is 0 Å². The Morgan fingerprint density at radius 1 is 1.50 bits per heavy atom. The van der Waals surface area contributed by atoms with Crippen molar-refractivity contribution in [2.75, 3.05) is 18.6 Å². The maximum absolute atomic E-state index is 11.5. The van der Waals surface area contributed by atoms with E-state index in [1.54, 1.807) is 0 Å². The number of aromatic nitrogens is 1. The summed E-state index contributed by atoms with van der Waals surface area (Å²) in [5.41, 5.74) is 0.0114. The summed E-state index contributed by atoms with van der Waals surface area (Å²) in [7, 11) is 1.26. The second-order valence-corrected chi connectivity index (χ2v) is 4.83. The average molecular weight is 279 g/mol. The van der Waals surface area contributed by atoms with E-state index in [9.17, 15) is 14.9 Å². The van der Waals surface area contributed by atoms with Crippen molar-refractivity contribution in [3.05, 3.63) is 27.9 Å². The van der Waals surface area contributed by atoms with Crippen molar-refractivity contribution in [3.8, 4) is 0 Å². The number of methoxy groups -OCH3 is 1. The molecule has 1 aromatic heterocycles. The summed E-state index contributed by atoms with van der Waals surface area (Å²) in [6.45, 7) is 2.72. The van der Waals surface area contributed by atoms with Gasteiger partial charge in [0.2, 0.25) is 5.82 Å². The zero-order valence-corrected chi connectivity index (χ0v) is 11.5. The lowest BCUT2D eigenvalue weighted by Crippen LogP contribution is -2.38. The molecule has 1 atom stereocenters. The molecule has 1 fully saturated rings. The number of nitro groups is 1. The van der Waals surface area contributed by atoms with Crippen molar-refractivity contribution >= 4 is 17.5 Å². The topological polar surface area (TPSA) is 85.6 Å². The molecule has 0 N–H and O–H groups in total. The number of anilines is 1. The summed E-state index contributed by atoms with van der Waals surface area (Å²) in [6.07, 6.45) is 3.02. The van der Waals surface area contributed by atoms with E-state index in [1.807, 2.05) is 11.8 Å². The molecular weight excluding hydrogens is 262 g/mol. The standard InChI is InChI=1S/C13H17N3O4/c1-9-5-3-4-8-15(9)12-11(16(18)19)7-6-10(14-12)13(17)20-2/h6-7,9H,3-5,8H2,1-2H3. The van der Waals surface area contributed by atoms with E-state index in [2.05, 4.69) is 9.72 Å². The van der Waals surface area contributed by atoms with Gasteiger partial charge in [-0.3, -0.25) is 10.1 Å². The summed E-state index contributed by atoms with van der Waals surface area (Å²) in [5, 5.41) is 11.1. The SMILES string of the molecule is COC(=O)c1ccc([N+](=O)[O-])c(N2CCCCC2C)n1. The summed E-state index contributed by atoms with van der Waals surface area (Å²) >= 11 is 0. The van der Waals surface area contributed by atoms with Gasteiger partial charge in [-0.05, 0) is 32.3 Å². The largest absolute Gasteiger partial charge is 0.464 e. The number of nitrogens with zero attached hydrogens (tertiary/aromatic N) is 3. The first-order valence-electron chi connectivity index (χ1n) is 6.55. The number of carbonyl (C=O) groups is 1. The van der Waals surface area contributed by atoms with E-state index >= 15 is 0 Å². The van der Waals surface area contributed by atoms with Gasteiger partial charge in [0.15, 0.2) is 5.69 Å². The maximum Gasteiger partial charge on any atom is 0.356 e. The van der Waals surface area contributed by atoms with Crippen LogP contribution in [0.1, 0.15) is 36.7 Å². The molecule has 108 valence electrons. The lowest BCUT2D eigenvalue weighted by atomic mass is 10.0. The highest BCUT2D eigenvalue weighted by Gasteiger charge is 2.28. The van der Waals surface area contributed by atoms with Gasteiger partial charge in [-0.15, -0.1) is 0 Å². The van der Waals surface area contributed by atoms with Crippen molar-refractivity contribution in [2.45, 2.75) is 32.2 Å². The van der Waals surface area contributed by atoms with E-state index in [0.29, 0.717) is 6.54 Å². The minimum Gasteiger partial charge on any atom is -0.464 e. The van der Waals surface area contributed by atoms with Gasteiger partial charge in [0.05, 0.1) is 12.0 Å². The van der Waals surface area contributed by atoms with Crippen LogP contribution in [0.5, 0.6) is 0 Å². The van der Waals surface area contributed by atoms with Gasteiger partial charge in [-0.25, -0.2) is 9.78 Å². The first-order chi connectivity index (χ1) is 9.54. The van der Waals surface area contributed by atoms with Crippen LogP contribution in [-0.4, -0.2) is 35.6 Å². The van der Waals surface area contributed by atoms with Crippen LogP contribution < -0.4 is 4.90 Å². The van der Waals surface area contributed by atoms with Gasteiger partial charge >= 0.3 is 11.7 Å². The van der Waals surface area contributed by atoms with Crippen molar-refractivity contribution < 1.29 is 14.5 Å². The number of hydrogen-bond donors (Lipinski definition) is 0. The molecule has 7 heteroatoms. The van der Waals surface area contributed by atoms with Gasteiger partial charge in [0, 0.05) is 18.7 Å². The summed E-state index contributed by atoms with van der Waals surface area (Å²) in [5.74, 6) is -0.337. The van der Waals surface area contributed by atoms with Crippen molar-refractivity contribution in [2.24, 2.45) is 0 Å². The van der Waals surface area contributed by atoms with Crippen molar-refractivity contribution in [3.63, 3.8) is 0 Å². The highest BCUT2D eigenvalue weighted by atomic mass is 16.6. The van der Waals surface area contributed by atoms with Crippen LogP contribution in [0.4, 0.5) is 11.5 Å². The van der Waals surface area contributed by atoms with Crippen LogP contribution >= 0.6 is 0 Å². The molecule has 0 spiro atoms. The Balaban J connectivity index is 2.46. The molecule has 0 amide bonds. The second kappa shape index (κ2) is 5.85. The third kappa shape index (κ3) is 2.71. The predicted octanol–water partition coefficient (Wildman–Crippen LogP) is 2.16. The Morgan fingerprint density at radius 2 is 2.25 bits per heavy atom. The molecule has 20 heavy (non-hydrogen) atoms. The van der Waals surface area contributed by atoms with E-state index in [1.165, 1.54) is 19.2 Å². The van der Waals surface area contributed by atoms with Crippen molar-refractivity contribution in [1.82, 2.24) is 4.98 Å². The molecule has 2 heterocycles. The summed E-state index contributed by atoms with van der Waals surface area (Å²) < 4.78 is 4.62. The lowest BCUT2D eigenvalue weighted by molar-refractivity contribution is -0.384. The van der Waals surface area contributed by atoms with Crippen LogP contribution in [0.15, 0.2) is 12.1 Å². The van der Waals surface area contributed by atoms with Crippen LogP contribution in [0.2, 0.25) is 0 Å². The average Bonchev–Trinajstić information content (AvgIpc) is 2.46. The summed E-state index contributed by atoms with van der Waals surface area (Å²) in [4.78, 5) is 28.3. The number of piperidine rings is 1. The van der Waals surface area contributed by atoms with Crippen LogP contribution in [-0.2, 0) is 4.74 Å². The Hall–Kier alpha value is -2.18. The monoisotopic (exact) mass is 279 g/mol. The zero-order valence-electron chi connectivity index (χ0n) is 11.5. The second-order valence-electron chi connectivity index (χ2n) is 4.83. The first kappa shape index (κ1) is 14.2. The van der Waals surface area contributed by atoms with Gasteiger partial charge in [-0.1, -0.05) is 0 Å². The molecular formula is C13H17N3O4. The molecule has 0 saturated carbocycles. The quantitative estimate of drug-likeness (QED) is 0.479. The molecule has 0 aromatic carbocycles. The number of ether oxygens (including phenoxy) is 1. The molecule has 2 rings (SSSR count). The highest BCUT2D eigenvalue weighted by molar-refractivity contribution is 5.88. The number of esters is 1. The van der Waals surface area contributed by atoms with E-state index in [0.717, 1.165) is 19.3 Å². The molecule has 1 saturated heterocycles. The molecule has 1 aliphatic heterocycles. The van der Waals surface area contributed by atoms with E-state index in [4.69, 9.17) is 0 Å². The minimum absolute atomic E-state index is 0.0774. The third-order valence-electron chi connectivity index (χ3n) is 3.52. The molecule has 1 aromatic rings. The number of hydrogen-bond acceptors (Lipinski definition) is 6. The maximum atomic E-state index is 11.5. The molecule has 1 unspecified atom stereocenters. The molecule has 0 radical (unpaired) electrons. The number of pyridine rings is 1. The molecule has 7 nitrogen and oxygen atoms in total. The molecule has 1 aliphatic rings. The minimum atomic E-state index is -0.592. The number of carbonyl (C=O) groups excluding carboxylic acids is 1. The zero-order chi connectivity index (χ0) is 14.7. The van der Waals surface area contributed by atoms with E-state index in [-0.39, 0.29) is 23.2 Å². The fourth-order valence-corrected chi connectivity index (χ4v) is 2.43. The first-order valence-corrected chi connectivity index (χ1v) is 6.55. The highest BCUT2D eigenvalue weighted by Crippen LogP contribution is 2.31. The fourth-order valence-electron chi connectivity index (χ4n) is 2.43. The van der Waals surface area contributed by atoms with Gasteiger partial charge in [0.25, 0.3) is 0 Å². The third-order valence-corrected chi connectivity index (χ3v) is 3.52. The fraction of sp³-hybridized carbons (Fsp3) is 0.538. The van der Waals surface area contributed by atoms with Crippen molar-refractivity contribution in [1.29, 1.82) is 0 Å². The smallest absolute Gasteiger partial charge is 0.356 e. The van der Waals surface area contributed by atoms with Crippen LogP contribution in [0, 0.1) is 10.1 Å².